The number of anilines is 1. The molecule has 0 saturated heterocycles. The molecular formula is C32H37N7O6. The highest BCUT2D eigenvalue weighted by molar-refractivity contribution is 5.98. The maximum Gasteiger partial charge on any atom is 0.411 e. The zero-order valence-corrected chi connectivity index (χ0v) is 26.4. The molecule has 13 nitrogen and oxygen atoms in total. The van der Waals surface area contributed by atoms with E-state index >= 15 is 0 Å². The zero-order chi connectivity index (χ0) is 32.9. The molecule has 0 radical (unpaired) electrons. The van der Waals surface area contributed by atoms with E-state index in [0.717, 1.165) is 16.6 Å². The first-order valence-corrected chi connectivity index (χ1v) is 14.5. The third-order valence-electron chi connectivity index (χ3n) is 7.41. The number of carbonyl (C=O) groups is 3. The van der Waals surface area contributed by atoms with Crippen LogP contribution in [0.3, 0.4) is 0 Å². The third-order valence-corrected chi connectivity index (χ3v) is 7.41. The summed E-state index contributed by atoms with van der Waals surface area (Å²) in [4.78, 5) is 61.5. The molecule has 0 unspecified atom stereocenters. The fourth-order valence-corrected chi connectivity index (χ4v) is 4.63. The number of methoxy groups -OCH3 is 1. The number of aromatic nitrogens is 5. The molecule has 1 aromatic carbocycles. The maximum absolute atomic E-state index is 13.6. The van der Waals surface area contributed by atoms with E-state index < -0.39 is 41.3 Å². The molecular weight excluding hydrogens is 578 g/mol. The Morgan fingerprint density at radius 2 is 1.78 bits per heavy atom. The molecule has 0 bridgehead atoms. The van der Waals surface area contributed by atoms with Crippen molar-refractivity contribution in [2.75, 3.05) is 12.4 Å². The van der Waals surface area contributed by atoms with E-state index in [1.54, 1.807) is 57.3 Å². The number of rotatable bonds is 11. The number of amides is 2. The normalized spacial score (nSPS) is 12.1. The van der Waals surface area contributed by atoms with Crippen molar-refractivity contribution < 1.29 is 23.5 Å². The van der Waals surface area contributed by atoms with Gasteiger partial charge in [-0.05, 0) is 44.7 Å². The van der Waals surface area contributed by atoms with Gasteiger partial charge in [0.25, 0.3) is 11.4 Å². The number of ketones is 1. The number of ether oxygens (including phenoxy) is 1. The van der Waals surface area contributed by atoms with Crippen LogP contribution in [0.25, 0.3) is 11.4 Å². The summed E-state index contributed by atoms with van der Waals surface area (Å²) in [5.41, 5.74) is 1.02. The van der Waals surface area contributed by atoms with E-state index in [-0.39, 0.29) is 34.9 Å². The molecule has 1 atom stereocenters. The van der Waals surface area contributed by atoms with E-state index in [2.05, 4.69) is 35.5 Å². The highest BCUT2D eigenvalue weighted by Gasteiger charge is 2.35. The number of carbonyl (C=O) groups excluding carboxylic acids is 3. The van der Waals surface area contributed by atoms with Gasteiger partial charge >= 0.3 is 6.09 Å². The highest BCUT2D eigenvalue weighted by Crippen LogP contribution is 2.29. The van der Waals surface area contributed by atoms with Gasteiger partial charge in [0.1, 0.15) is 18.1 Å². The largest absolute Gasteiger partial charge is 0.453 e. The Kier molecular flexibility index (Phi) is 9.90. The summed E-state index contributed by atoms with van der Waals surface area (Å²) in [6, 6.07) is 11.6. The monoisotopic (exact) mass is 615 g/mol. The minimum Gasteiger partial charge on any atom is -0.453 e. The zero-order valence-electron chi connectivity index (χ0n) is 26.4. The second kappa shape index (κ2) is 13.6. The van der Waals surface area contributed by atoms with Crippen molar-refractivity contribution in [1.29, 1.82) is 0 Å². The van der Waals surface area contributed by atoms with Crippen LogP contribution in [0.4, 0.5) is 10.5 Å². The van der Waals surface area contributed by atoms with Crippen LogP contribution in [0.2, 0.25) is 0 Å². The Labute approximate surface area is 260 Å². The lowest BCUT2D eigenvalue weighted by molar-refractivity contribution is -0.122. The van der Waals surface area contributed by atoms with Gasteiger partial charge in [0.2, 0.25) is 17.6 Å². The van der Waals surface area contributed by atoms with Crippen LogP contribution in [0.1, 0.15) is 68.1 Å². The van der Waals surface area contributed by atoms with Crippen molar-refractivity contribution in [1.82, 2.24) is 30.0 Å². The highest BCUT2D eigenvalue weighted by atomic mass is 16.5. The molecule has 45 heavy (non-hydrogen) atoms. The van der Waals surface area contributed by atoms with Crippen molar-refractivity contribution in [3.63, 3.8) is 0 Å². The third kappa shape index (κ3) is 7.14. The summed E-state index contributed by atoms with van der Waals surface area (Å²) >= 11 is 0. The first-order valence-electron chi connectivity index (χ1n) is 14.5. The minimum atomic E-state index is -1.04. The van der Waals surface area contributed by atoms with Gasteiger partial charge in [-0.25, -0.2) is 9.78 Å². The van der Waals surface area contributed by atoms with Gasteiger partial charge < -0.3 is 14.5 Å². The maximum atomic E-state index is 13.6. The molecule has 3 aromatic heterocycles. The smallest absolute Gasteiger partial charge is 0.411 e. The van der Waals surface area contributed by atoms with Gasteiger partial charge in [-0.15, -0.1) is 10.2 Å². The first kappa shape index (κ1) is 32.7. The predicted octanol–water partition coefficient (Wildman–Crippen LogP) is 4.09. The van der Waals surface area contributed by atoms with E-state index in [9.17, 15) is 19.2 Å². The molecule has 2 amide bonds. The second-order valence-corrected chi connectivity index (χ2v) is 11.4. The molecule has 4 aromatic rings. The van der Waals surface area contributed by atoms with Crippen molar-refractivity contribution in [3.8, 4) is 11.4 Å². The Bertz CT molecular complexity index is 1740. The number of aryl methyl sites for hydroxylation is 2. The number of nitrogens with one attached hydrogen (secondary N) is 2. The SMILES string of the molecule is CCc1ccc(C(C)(C)c2nnc(C(=O)[C@@H](NC(=O)Cn3c(-c4ccccc4)nc(C)c(NC(=O)OC)c3=O)C(C)C)o2)nc1. The first-order chi connectivity index (χ1) is 21.4. The van der Waals surface area contributed by atoms with Gasteiger partial charge in [0.05, 0.1) is 30.0 Å². The summed E-state index contributed by atoms with van der Waals surface area (Å²) in [6.07, 6.45) is 1.78. The fraction of sp³-hybridized carbons (Fsp3) is 0.375. The Morgan fingerprint density at radius 3 is 2.38 bits per heavy atom. The van der Waals surface area contributed by atoms with Gasteiger partial charge in [-0.1, -0.05) is 57.2 Å². The lowest BCUT2D eigenvalue weighted by atomic mass is 9.88. The average Bonchev–Trinajstić information content (AvgIpc) is 3.54. The number of hydrogen-bond acceptors (Lipinski definition) is 10. The minimum absolute atomic E-state index is 0.134. The standard InChI is InChI=1S/C32H37N7O6/c1-8-20-14-15-22(33-16-20)32(5,6)30-38-37-28(45-30)26(41)24(18(2)3)35-23(40)17-39-27(21-12-10-9-11-13-21)34-19(4)25(29(39)42)36-31(43)44-7/h9-16,18,24H,8,17H2,1-7H3,(H,35,40)(H,36,43)/t24-/m0/s1. The number of benzene rings is 1. The van der Waals surface area contributed by atoms with Crippen LogP contribution in [0.15, 0.2) is 57.9 Å². The molecule has 0 saturated carbocycles. The molecule has 13 heteroatoms. The summed E-state index contributed by atoms with van der Waals surface area (Å²) in [7, 11) is 1.17. The van der Waals surface area contributed by atoms with Gasteiger partial charge in [0.15, 0.2) is 0 Å². The topological polar surface area (TPSA) is 171 Å². The number of Topliss-reactive ketones (excluding diaryl/α,β-unsaturated/α-hetero) is 1. The predicted molar refractivity (Wildman–Crippen MR) is 166 cm³/mol. The van der Waals surface area contributed by atoms with Crippen LogP contribution in [-0.4, -0.2) is 55.7 Å². The molecule has 0 aliphatic heterocycles. The molecule has 2 N–H and O–H groups in total. The van der Waals surface area contributed by atoms with Crippen LogP contribution < -0.4 is 16.2 Å². The van der Waals surface area contributed by atoms with Crippen LogP contribution in [0, 0.1) is 12.8 Å². The summed E-state index contributed by atoms with van der Waals surface area (Å²) < 4.78 is 11.6. The Hall–Kier alpha value is -5.20. The average molecular weight is 616 g/mol. The summed E-state index contributed by atoms with van der Waals surface area (Å²) in [5.74, 6) is -1.44. The molecule has 236 valence electrons. The van der Waals surface area contributed by atoms with Crippen molar-refractivity contribution >= 4 is 23.5 Å². The number of pyridine rings is 1. The summed E-state index contributed by atoms with van der Waals surface area (Å²) in [6.45, 7) is 10.4. The lowest BCUT2D eigenvalue weighted by Crippen LogP contribution is -2.47. The van der Waals surface area contributed by atoms with Crippen molar-refractivity contribution in [3.05, 3.63) is 87.7 Å². The van der Waals surface area contributed by atoms with E-state index in [1.807, 2.05) is 32.9 Å². The van der Waals surface area contributed by atoms with Crippen LogP contribution in [-0.2, 0) is 27.9 Å². The number of nitrogens with zero attached hydrogens (tertiary/aromatic N) is 5. The number of hydrogen-bond donors (Lipinski definition) is 2. The van der Waals surface area contributed by atoms with E-state index in [0.29, 0.717) is 11.3 Å². The Balaban J connectivity index is 1.61. The van der Waals surface area contributed by atoms with Gasteiger partial charge in [-0.2, -0.15) is 0 Å². The Morgan fingerprint density at radius 1 is 1.07 bits per heavy atom. The van der Waals surface area contributed by atoms with Crippen molar-refractivity contribution in [2.24, 2.45) is 5.92 Å². The molecule has 3 heterocycles. The van der Waals surface area contributed by atoms with E-state index in [4.69, 9.17) is 4.42 Å². The second-order valence-electron chi connectivity index (χ2n) is 11.4. The quantitative estimate of drug-likeness (QED) is 0.234. The van der Waals surface area contributed by atoms with E-state index in [1.165, 1.54) is 7.11 Å². The fourth-order valence-electron chi connectivity index (χ4n) is 4.63. The van der Waals surface area contributed by atoms with Crippen LogP contribution >= 0.6 is 0 Å². The molecule has 0 fully saturated rings. The van der Waals surface area contributed by atoms with Crippen molar-refractivity contribution in [2.45, 2.75) is 66.0 Å². The van der Waals surface area contributed by atoms with Gasteiger partial charge in [0, 0.05) is 11.8 Å². The van der Waals surface area contributed by atoms with Crippen LogP contribution in [0.5, 0.6) is 0 Å². The lowest BCUT2D eigenvalue weighted by Gasteiger charge is -2.21. The van der Waals surface area contributed by atoms with Gasteiger partial charge in [-0.3, -0.25) is 29.3 Å². The molecule has 0 aliphatic rings. The molecule has 0 aliphatic carbocycles. The molecule has 0 spiro atoms. The molecule has 4 rings (SSSR count). The summed E-state index contributed by atoms with van der Waals surface area (Å²) in [5, 5.41) is 13.2.